The Morgan fingerprint density at radius 3 is 2.26 bits per heavy atom. The van der Waals surface area contributed by atoms with Crippen LogP contribution in [0, 0.1) is 18.8 Å². The highest BCUT2D eigenvalue weighted by Gasteiger charge is 2.37. The van der Waals surface area contributed by atoms with E-state index in [1.54, 1.807) is 61.2 Å². The SMILES string of the molecule is Cc1cccc2c(OC(=O)N(C)CCN(C)C(=O)OCc3ccc(NC(=O)[C@H](CCCNC(N)=O)CC(=O)[C@@H](NC(=O)OCCOCCN4C(=O)C=CC4=O)C(C)C)cc3)cc3c(c12)[C@H](CCl)CN3C(=O)c1cc2cc(NC(=O)c3ccc(O)cc3)cnc2[nH]1. The predicted molar refractivity (Wildman–Crippen MR) is 332 cm³/mol. The van der Waals surface area contributed by atoms with Gasteiger partial charge < -0.3 is 70.7 Å². The number of rotatable bonds is 27. The number of alkyl carbamates (subject to hydrolysis) is 1. The Bertz CT molecular complexity index is 3710. The van der Waals surface area contributed by atoms with Gasteiger partial charge in [-0.3, -0.25) is 33.7 Å². The van der Waals surface area contributed by atoms with Crippen LogP contribution in [0.4, 0.5) is 36.2 Å². The summed E-state index contributed by atoms with van der Waals surface area (Å²) in [5, 5.41) is 22.3. The Hall–Kier alpha value is -10.1. The molecular formula is C63H70ClN11O15. The maximum Gasteiger partial charge on any atom is 0.415 e. The van der Waals surface area contributed by atoms with Gasteiger partial charge in [0.2, 0.25) is 5.91 Å². The number of amides is 10. The van der Waals surface area contributed by atoms with E-state index in [-0.39, 0.29) is 101 Å². The third-order valence-electron chi connectivity index (χ3n) is 15.1. The Morgan fingerprint density at radius 2 is 1.57 bits per heavy atom. The highest BCUT2D eigenvalue weighted by molar-refractivity contribution is 6.19. The molecule has 3 atom stereocenters. The van der Waals surface area contributed by atoms with E-state index < -0.39 is 77.5 Å². The zero-order chi connectivity index (χ0) is 64.8. The summed E-state index contributed by atoms with van der Waals surface area (Å²) >= 11 is 6.61. The number of aromatic amines is 1. The fraction of sp³-hybridized carbons (Fsp3) is 0.349. The second-order valence-corrected chi connectivity index (χ2v) is 22.3. The van der Waals surface area contributed by atoms with Gasteiger partial charge in [0.15, 0.2) is 5.78 Å². The lowest BCUT2D eigenvalue weighted by molar-refractivity contribution is -0.137. The molecule has 0 spiro atoms. The maximum atomic E-state index is 14.5. The number of aromatic hydroxyl groups is 1. The van der Waals surface area contributed by atoms with Crippen molar-refractivity contribution in [3.05, 3.63) is 131 Å². The molecule has 8 rings (SSSR count). The number of carbonyl (C=O) groups excluding carboxylic acids is 10. The van der Waals surface area contributed by atoms with Crippen LogP contribution >= 0.6 is 11.6 Å². The lowest BCUT2D eigenvalue weighted by Crippen LogP contribution is -2.46. The number of hydrogen-bond donors (Lipinski definition) is 7. The highest BCUT2D eigenvalue weighted by Crippen LogP contribution is 2.47. The number of nitrogens with one attached hydrogen (secondary N) is 5. The third-order valence-corrected chi connectivity index (χ3v) is 15.5. The minimum atomic E-state index is -1.03. The number of aromatic nitrogens is 2. The van der Waals surface area contributed by atoms with E-state index in [1.165, 1.54) is 54.4 Å². The van der Waals surface area contributed by atoms with Gasteiger partial charge in [0.1, 0.15) is 36.1 Å². The van der Waals surface area contributed by atoms with E-state index >= 15 is 0 Å². The highest BCUT2D eigenvalue weighted by atomic mass is 35.5. The number of alkyl halides is 1. The van der Waals surface area contributed by atoms with Crippen molar-refractivity contribution in [3.8, 4) is 11.5 Å². The number of ether oxygens (including phenoxy) is 4. The van der Waals surface area contributed by atoms with Gasteiger partial charge in [0.05, 0.1) is 43.4 Å². The van der Waals surface area contributed by atoms with Crippen LogP contribution in [-0.2, 0) is 40.0 Å². The van der Waals surface area contributed by atoms with Crippen LogP contribution < -0.4 is 36.6 Å². The van der Waals surface area contributed by atoms with Crippen LogP contribution in [0.5, 0.6) is 11.5 Å². The summed E-state index contributed by atoms with van der Waals surface area (Å²) in [4.78, 5) is 142. The summed E-state index contributed by atoms with van der Waals surface area (Å²) < 4.78 is 22.2. The topological polar surface area (TPSA) is 344 Å². The van der Waals surface area contributed by atoms with E-state index in [2.05, 4.69) is 31.2 Å². The van der Waals surface area contributed by atoms with Gasteiger partial charge in [-0.15, -0.1) is 11.6 Å². The number of H-pyrrole nitrogens is 1. The number of ketones is 1. The van der Waals surface area contributed by atoms with Crippen molar-refractivity contribution in [2.75, 3.05) is 88.1 Å². The molecule has 474 valence electrons. The van der Waals surface area contributed by atoms with E-state index in [0.717, 1.165) is 33.6 Å². The van der Waals surface area contributed by atoms with Crippen molar-refractivity contribution >= 4 is 110 Å². The molecule has 2 aromatic heterocycles. The van der Waals surface area contributed by atoms with Crippen molar-refractivity contribution in [1.82, 2.24) is 35.3 Å². The number of nitrogens with two attached hydrogens (primary N) is 1. The van der Waals surface area contributed by atoms with Crippen molar-refractivity contribution in [3.63, 3.8) is 0 Å². The van der Waals surface area contributed by atoms with Crippen LogP contribution in [0.25, 0.3) is 21.8 Å². The van der Waals surface area contributed by atoms with Gasteiger partial charge >= 0.3 is 24.3 Å². The van der Waals surface area contributed by atoms with Crippen molar-refractivity contribution in [2.24, 2.45) is 17.6 Å². The summed E-state index contributed by atoms with van der Waals surface area (Å²) in [5.74, 6) is -3.78. The molecule has 0 bridgehead atoms. The normalized spacial score (nSPS) is 14.1. The maximum absolute atomic E-state index is 14.5. The molecule has 27 heteroatoms. The third kappa shape index (κ3) is 16.7. The summed E-state index contributed by atoms with van der Waals surface area (Å²) in [7, 11) is 3.03. The number of imide groups is 1. The summed E-state index contributed by atoms with van der Waals surface area (Å²) in [6.45, 7) is 5.51. The smallest absolute Gasteiger partial charge is 0.415 e. The van der Waals surface area contributed by atoms with E-state index in [1.807, 2.05) is 25.1 Å². The predicted octanol–water partition coefficient (Wildman–Crippen LogP) is 7.32. The quantitative estimate of drug-likeness (QED) is 0.0151. The first-order chi connectivity index (χ1) is 43.1. The summed E-state index contributed by atoms with van der Waals surface area (Å²) in [6.07, 6.45) is 1.67. The average molecular weight is 1260 g/mol. The van der Waals surface area contributed by atoms with Crippen LogP contribution in [0.2, 0.25) is 0 Å². The number of nitrogens with zero attached hydrogens (tertiary/aromatic N) is 5. The van der Waals surface area contributed by atoms with Gasteiger partial charge in [-0.05, 0) is 96.3 Å². The molecule has 26 nitrogen and oxygen atoms in total. The first-order valence-electron chi connectivity index (χ1n) is 28.9. The van der Waals surface area contributed by atoms with Crippen LogP contribution in [-0.4, -0.2) is 168 Å². The Morgan fingerprint density at radius 1 is 0.856 bits per heavy atom. The molecule has 0 radical (unpaired) electrons. The zero-order valence-electron chi connectivity index (χ0n) is 50.2. The molecule has 4 heterocycles. The summed E-state index contributed by atoms with van der Waals surface area (Å²) in [6, 6.07) is 21.1. The number of anilines is 3. The molecule has 6 aromatic rings. The van der Waals surface area contributed by atoms with Crippen molar-refractivity contribution < 1.29 is 72.0 Å². The molecule has 0 saturated heterocycles. The van der Waals surface area contributed by atoms with E-state index in [0.29, 0.717) is 51.0 Å². The number of urea groups is 1. The van der Waals surface area contributed by atoms with Gasteiger partial charge in [-0.25, -0.2) is 24.2 Å². The van der Waals surface area contributed by atoms with Crippen LogP contribution in [0.3, 0.4) is 0 Å². The minimum Gasteiger partial charge on any atom is -0.508 e. The molecule has 90 heavy (non-hydrogen) atoms. The number of hydrogen-bond acceptors (Lipinski definition) is 16. The molecule has 4 aromatic carbocycles. The van der Waals surface area contributed by atoms with Crippen LogP contribution in [0.15, 0.2) is 103 Å². The van der Waals surface area contributed by atoms with Gasteiger partial charge in [0.25, 0.3) is 23.6 Å². The lowest BCUT2D eigenvalue weighted by Gasteiger charge is -2.24. The number of halogens is 1. The van der Waals surface area contributed by atoms with Gasteiger partial charge in [-0.1, -0.05) is 44.2 Å². The molecule has 2 aliphatic heterocycles. The van der Waals surface area contributed by atoms with Crippen molar-refractivity contribution in [1.29, 1.82) is 0 Å². The Labute approximate surface area is 522 Å². The van der Waals surface area contributed by atoms with E-state index in [9.17, 15) is 53.1 Å². The largest absolute Gasteiger partial charge is 0.508 e. The molecular weight excluding hydrogens is 1190 g/mol. The molecule has 8 N–H and O–H groups in total. The number of phenols is 1. The fourth-order valence-electron chi connectivity index (χ4n) is 10.2. The van der Waals surface area contributed by atoms with Gasteiger partial charge in [0, 0.05) is 105 Å². The number of primary amides is 1. The zero-order valence-corrected chi connectivity index (χ0v) is 50.9. The first-order valence-corrected chi connectivity index (χ1v) is 29.5. The molecule has 0 aliphatic carbocycles. The number of carbonyl (C=O) groups is 10. The molecule has 0 saturated carbocycles. The van der Waals surface area contributed by atoms with Crippen LogP contribution in [0.1, 0.15) is 76.6 Å². The Kier molecular flexibility index (Phi) is 22.1. The van der Waals surface area contributed by atoms with Crippen molar-refractivity contribution in [2.45, 2.75) is 58.6 Å². The fourth-order valence-corrected chi connectivity index (χ4v) is 10.5. The average Bonchev–Trinajstić information content (AvgIpc) is 1.59. The Balaban J connectivity index is 0.825. The number of fused-ring (bicyclic) bond motifs is 4. The molecule has 0 unspecified atom stereocenters. The number of aryl methyl sites for hydroxylation is 1. The number of benzene rings is 4. The number of pyridine rings is 1. The summed E-state index contributed by atoms with van der Waals surface area (Å²) in [5.41, 5.74) is 9.73. The van der Waals surface area contributed by atoms with Gasteiger partial charge in [-0.2, -0.15) is 0 Å². The number of Topliss-reactive ketones (excluding diaryl/α,β-unsaturated/α-hetero) is 1. The second kappa shape index (κ2) is 30.2. The molecule has 2 aliphatic rings. The molecule has 10 amide bonds. The minimum absolute atomic E-state index is 0.0249. The van der Waals surface area contributed by atoms with E-state index in [4.69, 9.17) is 36.3 Å². The number of phenolic OH excluding ortho intramolecular Hbond substituents is 1. The number of likely N-dealkylation sites (N-methyl/N-ethyl adjacent to an activating group) is 2. The lowest BCUT2D eigenvalue weighted by atomic mass is 9.89. The first kappa shape index (κ1) is 65.9. The monoisotopic (exact) mass is 1260 g/mol. The standard InChI is InChI=1S/C63H70ClN11O15/c1-36(2)55(71-61(84)88-27-26-87-25-24-74-51(78)19-20-52(74)79)49(77)30-40(9-7-21-66-60(65)83)58(81)68-43-15-11-38(12-16-43)35-89-62(85)72(4)22-23-73(5)63(86)90-50-31-48-54(53-37(3)8-6-10-46(50)53)42(32-64)34-75(48)59(82)47-29-41-28-44(33-67-56(41)70-47)69-57(80)39-13-17-45(76)18-14-39/h6,8,10-20,28-29,31,33,36,40,42,55,76H,7,9,21-27,30,32,34-35H2,1-5H3,(H,67,70)(H,68,81)(H,69,80)(H,71,84)(H3,65,66,83)/t40-,42-,55+/m1/s1. The second-order valence-electron chi connectivity index (χ2n) is 21.9. The molecule has 0 fully saturated rings.